The van der Waals surface area contributed by atoms with Gasteiger partial charge in [-0.15, -0.1) is 0 Å². The van der Waals surface area contributed by atoms with Crippen molar-refractivity contribution < 1.29 is 0 Å². The molecule has 3 rings (SSSR count). The molecule has 0 amide bonds. The first kappa shape index (κ1) is 19.4. The SMILES string of the molecule is C=C/C(=C\C=C\C(N)=NC1=CC(C)C=C(CC)C=C1)n1ccc2cccnc21. The molecule has 0 saturated heterocycles. The zero-order chi connectivity index (χ0) is 19.9. The molecule has 1 aliphatic rings. The summed E-state index contributed by atoms with van der Waals surface area (Å²) >= 11 is 0. The largest absolute Gasteiger partial charge is 0.384 e. The van der Waals surface area contributed by atoms with E-state index in [-0.39, 0.29) is 0 Å². The first-order valence-electron chi connectivity index (χ1n) is 9.48. The van der Waals surface area contributed by atoms with E-state index in [4.69, 9.17) is 5.73 Å². The van der Waals surface area contributed by atoms with Crippen LogP contribution in [-0.4, -0.2) is 15.4 Å². The normalized spacial score (nSPS) is 18.3. The first-order valence-corrected chi connectivity index (χ1v) is 9.48. The Morgan fingerprint density at radius 1 is 1.32 bits per heavy atom. The van der Waals surface area contributed by atoms with Gasteiger partial charge in [0.05, 0.1) is 5.70 Å². The van der Waals surface area contributed by atoms with E-state index in [9.17, 15) is 0 Å². The summed E-state index contributed by atoms with van der Waals surface area (Å²) < 4.78 is 2.00. The van der Waals surface area contributed by atoms with Gasteiger partial charge in [-0.05, 0) is 54.8 Å². The van der Waals surface area contributed by atoms with Crippen LogP contribution in [0.2, 0.25) is 0 Å². The molecule has 2 heterocycles. The fourth-order valence-corrected chi connectivity index (χ4v) is 3.12. The number of amidine groups is 1. The summed E-state index contributed by atoms with van der Waals surface area (Å²) in [7, 11) is 0. The Labute approximate surface area is 166 Å². The highest BCUT2D eigenvalue weighted by atomic mass is 15.0. The summed E-state index contributed by atoms with van der Waals surface area (Å²) in [4.78, 5) is 8.97. The lowest BCUT2D eigenvalue weighted by Gasteiger charge is -2.04. The number of nitrogens with two attached hydrogens (primary N) is 1. The van der Waals surface area contributed by atoms with E-state index >= 15 is 0 Å². The third-order valence-corrected chi connectivity index (χ3v) is 4.51. The van der Waals surface area contributed by atoms with Crippen LogP contribution in [0.4, 0.5) is 0 Å². The number of hydrogen-bond acceptors (Lipinski definition) is 2. The molecule has 28 heavy (non-hydrogen) atoms. The van der Waals surface area contributed by atoms with Crippen molar-refractivity contribution in [2.24, 2.45) is 16.6 Å². The molecule has 142 valence electrons. The number of fused-ring (bicyclic) bond motifs is 1. The zero-order valence-corrected chi connectivity index (χ0v) is 16.4. The Morgan fingerprint density at radius 2 is 2.18 bits per heavy atom. The number of allylic oxidation sites excluding steroid dienone is 9. The monoisotopic (exact) mass is 370 g/mol. The van der Waals surface area contributed by atoms with Gasteiger partial charge in [0.15, 0.2) is 0 Å². The molecule has 2 aromatic heterocycles. The maximum atomic E-state index is 6.10. The second kappa shape index (κ2) is 9.00. The van der Waals surface area contributed by atoms with Gasteiger partial charge in [-0.25, -0.2) is 9.98 Å². The van der Waals surface area contributed by atoms with Gasteiger partial charge in [0.2, 0.25) is 0 Å². The van der Waals surface area contributed by atoms with Crippen molar-refractivity contribution in [2.75, 3.05) is 0 Å². The Morgan fingerprint density at radius 3 is 2.96 bits per heavy atom. The minimum Gasteiger partial charge on any atom is -0.384 e. The minimum atomic E-state index is 0.335. The van der Waals surface area contributed by atoms with Gasteiger partial charge >= 0.3 is 0 Å². The average molecular weight is 371 g/mol. The third kappa shape index (κ3) is 4.65. The van der Waals surface area contributed by atoms with Crippen LogP contribution in [0.3, 0.4) is 0 Å². The number of hydrogen-bond donors (Lipinski definition) is 1. The molecular formula is C24H26N4. The molecule has 0 fully saturated rings. The molecule has 1 aliphatic carbocycles. The van der Waals surface area contributed by atoms with Gasteiger partial charge in [-0.3, -0.25) is 0 Å². The number of nitrogens with zero attached hydrogens (tertiary/aromatic N) is 3. The third-order valence-electron chi connectivity index (χ3n) is 4.51. The van der Waals surface area contributed by atoms with E-state index in [2.05, 4.69) is 48.6 Å². The van der Waals surface area contributed by atoms with Gasteiger partial charge in [0, 0.05) is 23.5 Å². The second-order valence-electron chi connectivity index (χ2n) is 6.67. The van der Waals surface area contributed by atoms with Crippen LogP contribution >= 0.6 is 0 Å². The summed E-state index contributed by atoms with van der Waals surface area (Å²) in [5, 5.41) is 1.08. The number of aromatic nitrogens is 2. The van der Waals surface area contributed by atoms with Gasteiger partial charge < -0.3 is 10.3 Å². The number of aliphatic imine (C=N–C) groups is 1. The van der Waals surface area contributed by atoms with Crippen LogP contribution in [0.1, 0.15) is 20.3 Å². The van der Waals surface area contributed by atoms with Gasteiger partial charge in [-0.1, -0.05) is 50.3 Å². The van der Waals surface area contributed by atoms with Crippen molar-refractivity contribution >= 4 is 22.6 Å². The first-order chi connectivity index (χ1) is 13.6. The van der Waals surface area contributed by atoms with Crippen molar-refractivity contribution in [1.29, 1.82) is 0 Å². The van der Waals surface area contributed by atoms with Crippen LogP contribution < -0.4 is 5.73 Å². The number of rotatable bonds is 6. The lowest BCUT2D eigenvalue weighted by atomic mass is 10.1. The van der Waals surface area contributed by atoms with E-state index in [0.29, 0.717) is 11.8 Å². The van der Waals surface area contributed by atoms with E-state index in [1.54, 1.807) is 18.3 Å². The molecule has 0 spiro atoms. The topological polar surface area (TPSA) is 56.2 Å². The molecule has 4 nitrogen and oxygen atoms in total. The van der Waals surface area contributed by atoms with Crippen LogP contribution in [0.15, 0.2) is 102 Å². The second-order valence-corrected chi connectivity index (χ2v) is 6.67. The van der Waals surface area contributed by atoms with Gasteiger partial charge in [0.1, 0.15) is 11.5 Å². The molecule has 0 radical (unpaired) electrons. The quantitative estimate of drug-likeness (QED) is 0.420. The Kier molecular flexibility index (Phi) is 6.22. The lowest BCUT2D eigenvalue weighted by Crippen LogP contribution is -2.07. The average Bonchev–Trinajstić information content (AvgIpc) is 3.03. The molecule has 1 atom stereocenters. The van der Waals surface area contributed by atoms with Crippen molar-refractivity contribution in [1.82, 2.24) is 9.55 Å². The predicted molar refractivity (Wildman–Crippen MR) is 120 cm³/mol. The fourth-order valence-electron chi connectivity index (χ4n) is 3.12. The smallest absolute Gasteiger partial charge is 0.144 e. The fraction of sp³-hybridized carbons (Fsp3) is 0.167. The van der Waals surface area contributed by atoms with Gasteiger partial charge in [-0.2, -0.15) is 0 Å². The summed E-state index contributed by atoms with van der Waals surface area (Å²) in [5.41, 5.74) is 10.1. The number of pyridine rings is 1. The molecular weight excluding hydrogens is 344 g/mol. The highest BCUT2D eigenvalue weighted by Crippen LogP contribution is 2.19. The summed E-state index contributed by atoms with van der Waals surface area (Å²) in [6, 6.07) is 6.00. The molecule has 2 aromatic rings. The Balaban J connectivity index is 1.78. The van der Waals surface area contributed by atoms with Crippen LogP contribution in [0.25, 0.3) is 16.7 Å². The molecule has 1 unspecified atom stereocenters. The maximum Gasteiger partial charge on any atom is 0.144 e. The maximum absolute atomic E-state index is 6.10. The standard InChI is InChI=1S/C24H26N4/c1-4-19-11-12-21(17-18(3)16-19)27-23(25)10-6-9-22(5-2)28-15-13-20-8-7-14-26-24(20)28/h5-18H,2,4H2,1,3H3,(H2,25,27)/b10-6+,22-9+. The lowest BCUT2D eigenvalue weighted by molar-refractivity contribution is 0.913. The van der Waals surface area contributed by atoms with Crippen molar-refractivity contribution in [2.45, 2.75) is 20.3 Å². The van der Waals surface area contributed by atoms with Crippen molar-refractivity contribution in [3.8, 4) is 0 Å². The Bertz CT molecular complexity index is 1040. The highest BCUT2D eigenvalue weighted by molar-refractivity contribution is 5.93. The van der Waals surface area contributed by atoms with Crippen LogP contribution in [0, 0.1) is 5.92 Å². The summed E-state index contributed by atoms with van der Waals surface area (Å²) in [6.45, 7) is 8.22. The van der Waals surface area contributed by atoms with E-state index < -0.39 is 0 Å². The Hall–Kier alpha value is -3.40. The molecule has 0 aliphatic heterocycles. The van der Waals surface area contributed by atoms with E-state index in [1.807, 2.05) is 47.2 Å². The minimum absolute atomic E-state index is 0.335. The molecule has 4 heteroatoms. The van der Waals surface area contributed by atoms with E-state index in [0.717, 1.165) is 28.8 Å². The molecule has 2 N–H and O–H groups in total. The highest BCUT2D eigenvalue weighted by Gasteiger charge is 2.04. The van der Waals surface area contributed by atoms with Crippen molar-refractivity contribution in [3.05, 3.63) is 97.1 Å². The van der Waals surface area contributed by atoms with Crippen LogP contribution in [-0.2, 0) is 0 Å². The summed E-state index contributed by atoms with van der Waals surface area (Å²) in [6.07, 6.45) is 20.7. The molecule has 0 saturated carbocycles. The summed E-state index contributed by atoms with van der Waals surface area (Å²) in [5.74, 6) is 0.792. The van der Waals surface area contributed by atoms with Crippen LogP contribution in [0.5, 0.6) is 0 Å². The van der Waals surface area contributed by atoms with Crippen molar-refractivity contribution in [3.63, 3.8) is 0 Å². The zero-order valence-electron chi connectivity index (χ0n) is 16.4. The van der Waals surface area contributed by atoms with Gasteiger partial charge in [0.25, 0.3) is 0 Å². The predicted octanol–water partition coefficient (Wildman–Crippen LogP) is 5.40. The van der Waals surface area contributed by atoms with E-state index in [1.165, 1.54) is 5.57 Å². The molecule has 0 aromatic carbocycles. The molecule has 0 bridgehead atoms.